The summed E-state index contributed by atoms with van der Waals surface area (Å²) in [6.45, 7) is 5.56. The number of amides is 1. The van der Waals surface area contributed by atoms with Crippen LogP contribution in [0.4, 0.5) is 0 Å². The Hall–Kier alpha value is -0.240. The van der Waals surface area contributed by atoms with Gasteiger partial charge in [0.2, 0.25) is 5.91 Å². The number of nitrogens with zero attached hydrogens (tertiary/aromatic N) is 1. The second-order valence-corrected chi connectivity index (χ2v) is 5.13. The third-order valence-electron chi connectivity index (χ3n) is 3.62. The van der Waals surface area contributed by atoms with Gasteiger partial charge in [-0.25, -0.2) is 0 Å². The molecule has 0 saturated heterocycles. The van der Waals surface area contributed by atoms with Gasteiger partial charge < -0.3 is 4.90 Å². The van der Waals surface area contributed by atoms with Crippen LogP contribution in [0.5, 0.6) is 0 Å². The lowest BCUT2D eigenvalue weighted by Crippen LogP contribution is -2.39. The lowest BCUT2D eigenvalue weighted by molar-refractivity contribution is -0.131. The monoisotopic (exact) mass is 245 g/mol. The van der Waals surface area contributed by atoms with Crippen molar-refractivity contribution >= 4 is 17.5 Å². The lowest BCUT2D eigenvalue weighted by Gasteiger charge is -2.26. The lowest BCUT2D eigenvalue weighted by atomic mass is 9.95. The molecule has 0 radical (unpaired) electrons. The molecule has 16 heavy (non-hydrogen) atoms. The van der Waals surface area contributed by atoms with Crippen LogP contribution in [-0.4, -0.2) is 29.3 Å². The average molecular weight is 246 g/mol. The molecule has 94 valence electrons. The molecule has 0 aromatic heterocycles. The van der Waals surface area contributed by atoms with Crippen molar-refractivity contribution in [3.63, 3.8) is 0 Å². The summed E-state index contributed by atoms with van der Waals surface area (Å²) in [6.07, 6.45) is 7.33. The van der Waals surface area contributed by atoms with Crippen LogP contribution in [0.2, 0.25) is 0 Å². The van der Waals surface area contributed by atoms with Crippen molar-refractivity contribution in [1.29, 1.82) is 0 Å². The van der Waals surface area contributed by atoms with E-state index in [1.807, 2.05) is 18.7 Å². The Kier molecular flexibility index (Phi) is 6.18. The van der Waals surface area contributed by atoms with Crippen molar-refractivity contribution in [1.82, 2.24) is 4.90 Å². The Bertz CT molecular complexity index is 208. The first-order valence-electron chi connectivity index (χ1n) is 6.63. The van der Waals surface area contributed by atoms with E-state index in [-0.39, 0.29) is 11.3 Å². The van der Waals surface area contributed by atoms with Gasteiger partial charge in [-0.15, -0.1) is 11.6 Å². The standard InChI is InChI=1S/C13H24ClNO/c1-3-15(4-2)13(16)12(14)11-9-7-5-6-8-10-11/h11-12H,3-10H2,1-2H3. The van der Waals surface area contributed by atoms with Gasteiger partial charge in [-0.1, -0.05) is 25.7 Å². The summed E-state index contributed by atoms with van der Waals surface area (Å²) >= 11 is 6.34. The number of halogens is 1. The van der Waals surface area contributed by atoms with Crippen molar-refractivity contribution in [2.24, 2.45) is 5.92 Å². The number of alkyl halides is 1. The van der Waals surface area contributed by atoms with Gasteiger partial charge in [0.1, 0.15) is 5.38 Å². The van der Waals surface area contributed by atoms with Crippen molar-refractivity contribution in [2.75, 3.05) is 13.1 Å². The summed E-state index contributed by atoms with van der Waals surface area (Å²) < 4.78 is 0. The van der Waals surface area contributed by atoms with E-state index in [1.54, 1.807) is 0 Å². The summed E-state index contributed by atoms with van der Waals surface area (Å²) in [5.41, 5.74) is 0. The molecule has 1 rings (SSSR count). The molecule has 2 nitrogen and oxygen atoms in total. The van der Waals surface area contributed by atoms with Crippen molar-refractivity contribution < 1.29 is 4.79 Å². The average Bonchev–Trinajstić information content (AvgIpc) is 2.58. The minimum Gasteiger partial charge on any atom is -0.342 e. The molecule has 1 fully saturated rings. The zero-order chi connectivity index (χ0) is 12.0. The second kappa shape index (κ2) is 7.16. The van der Waals surface area contributed by atoms with E-state index < -0.39 is 0 Å². The predicted molar refractivity (Wildman–Crippen MR) is 68.8 cm³/mol. The van der Waals surface area contributed by atoms with Crippen LogP contribution in [0.1, 0.15) is 52.4 Å². The fraction of sp³-hybridized carbons (Fsp3) is 0.923. The Labute approximate surface area is 104 Å². The first-order valence-corrected chi connectivity index (χ1v) is 7.07. The van der Waals surface area contributed by atoms with Crippen LogP contribution in [0.15, 0.2) is 0 Å². The van der Waals surface area contributed by atoms with Gasteiger partial charge in [-0.3, -0.25) is 4.79 Å². The maximum atomic E-state index is 12.1. The van der Waals surface area contributed by atoms with E-state index in [0.29, 0.717) is 5.92 Å². The number of hydrogen-bond acceptors (Lipinski definition) is 1. The van der Waals surface area contributed by atoms with Crippen LogP contribution in [-0.2, 0) is 4.79 Å². The fourth-order valence-electron chi connectivity index (χ4n) is 2.51. The zero-order valence-electron chi connectivity index (χ0n) is 10.5. The van der Waals surface area contributed by atoms with E-state index in [1.165, 1.54) is 25.7 Å². The van der Waals surface area contributed by atoms with Crippen LogP contribution in [0, 0.1) is 5.92 Å². The summed E-state index contributed by atoms with van der Waals surface area (Å²) in [7, 11) is 0. The van der Waals surface area contributed by atoms with Crippen molar-refractivity contribution in [3.8, 4) is 0 Å². The minimum atomic E-state index is -0.294. The van der Waals surface area contributed by atoms with E-state index in [4.69, 9.17) is 11.6 Å². The summed E-state index contributed by atoms with van der Waals surface area (Å²) in [5.74, 6) is 0.538. The smallest absolute Gasteiger partial charge is 0.240 e. The fourth-order valence-corrected chi connectivity index (χ4v) is 2.90. The van der Waals surface area contributed by atoms with Gasteiger partial charge in [0.15, 0.2) is 0 Å². The van der Waals surface area contributed by atoms with E-state index in [0.717, 1.165) is 25.9 Å². The summed E-state index contributed by atoms with van der Waals surface area (Å²) in [6, 6.07) is 0. The quantitative estimate of drug-likeness (QED) is 0.549. The van der Waals surface area contributed by atoms with Gasteiger partial charge in [-0.05, 0) is 32.6 Å². The Morgan fingerprint density at radius 3 is 2.12 bits per heavy atom. The highest BCUT2D eigenvalue weighted by Crippen LogP contribution is 2.29. The third-order valence-corrected chi connectivity index (χ3v) is 4.17. The largest absolute Gasteiger partial charge is 0.342 e. The zero-order valence-corrected chi connectivity index (χ0v) is 11.3. The molecule has 0 bridgehead atoms. The maximum Gasteiger partial charge on any atom is 0.240 e. The molecule has 0 aromatic rings. The molecule has 0 spiro atoms. The molecule has 1 aliphatic carbocycles. The number of rotatable bonds is 4. The molecule has 0 heterocycles. The second-order valence-electron chi connectivity index (χ2n) is 4.66. The van der Waals surface area contributed by atoms with Gasteiger partial charge in [0.25, 0.3) is 0 Å². The molecule has 1 amide bonds. The predicted octanol–water partition coefficient (Wildman–Crippen LogP) is 3.43. The molecular weight excluding hydrogens is 222 g/mol. The molecule has 0 aromatic carbocycles. The highest BCUT2D eigenvalue weighted by Gasteiger charge is 2.29. The Morgan fingerprint density at radius 2 is 1.69 bits per heavy atom. The SMILES string of the molecule is CCN(CC)C(=O)C(Cl)C1CCCCCC1. The molecule has 1 unspecified atom stereocenters. The van der Waals surface area contributed by atoms with Crippen LogP contribution in [0.25, 0.3) is 0 Å². The molecule has 3 heteroatoms. The topological polar surface area (TPSA) is 20.3 Å². The van der Waals surface area contributed by atoms with E-state index in [2.05, 4.69) is 0 Å². The molecule has 0 N–H and O–H groups in total. The maximum absolute atomic E-state index is 12.1. The molecule has 1 saturated carbocycles. The highest BCUT2D eigenvalue weighted by molar-refractivity contribution is 6.30. The molecule has 1 atom stereocenters. The van der Waals surface area contributed by atoms with Crippen LogP contribution in [0.3, 0.4) is 0 Å². The normalized spacial score (nSPS) is 20.2. The first-order chi connectivity index (χ1) is 7.70. The van der Waals surface area contributed by atoms with E-state index >= 15 is 0 Å². The van der Waals surface area contributed by atoms with Crippen molar-refractivity contribution in [2.45, 2.75) is 57.7 Å². The van der Waals surface area contributed by atoms with Gasteiger partial charge in [0, 0.05) is 13.1 Å². The summed E-state index contributed by atoms with van der Waals surface area (Å²) in [4.78, 5) is 14.0. The third kappa shape index (κ3) is 3.65. The van der Waals surface area contributed by atoms with Crippen molar-refractivity contribution in [3.05, 3.63) is 0 Å². The highest BCUT2D eigenvalue weighted by atomic mass is 35.5. The van der Waals surface area contributed by atoms with Gasteiger partial charge in [-0.2, -0.15) is 0 Å². The summed E-state index contributed by atoms with van der Waals surface area (Å²) in [5, 5.41) is -0.294. The number of carbonyl (C=O) groups excluding carboxylic acids is 1. The van der Waals surface area contributed by atoms with Gasteiger partial charge in [0.05, 0.1) is 0 Å². The molecule has 1 aliphatic rings. The number of hydrogen-bond donors (Lipinski definition) is 0. The van der Waals surface area contributed by atoms with Crippen LogP contribution < -0.4 is 0 Å². The molecule has 0 aliphatic heterocycles. The Morgan fingerprint density at radius 1 is 1.19 bits per heavy atom. The minimum absolute atomic E-state index is 0.138. The van der Waals surface area contributed by atoms with Crippen LogP contribution >= 0.6 is 11.6 Å². The molecular formula is C13H24ClNO. The number of carbonyl (C=O) groups is 1. The van der Waals surface area contributed by atoms with Gasteiger partial charge >= 0.3 is 0 Å². The van der Waals surface area contributed by atoms with E-state index in [9.17, 15) is 4.79 Å². The first kappa shape index (κ1) is 13.8. The Balaban J connectivity index is 2.53.